The Morgan fingerprint density at radius 1 is 1.46 bits per heavy atom. The van der Waals surface area contributed by atoms with Crippen molar-refractivity contribution in [3.05, 3.63) is 0 Å². The number of carbonyl (C=O) groups excluding carboxylic acids is 1. The fraction of sp³-hybridized carbons (Fsp3) is 0.900. The lowest BCUT2D eigenvalue weighted by Gasteiger charge is -2.37. The molecule has 0 radical (unpaired) electrons. The van der Waals surface area contributed by atoms with Gasteiger partial charge in [0.2, 0.25) is 0 Å². The van der Waals surface area contributed by atoms with Crippen molar-refractivity contribution < 1.29 is 9.53 Å². The van der Waals surface area contributed by atoms with E-state index in [0.717, 1.165) is 12.8 Å². The van der Waals surface area contributed by atoms with Crippen LogP contribution >= 0.6 is 0 Å². The zero-order valence-electron chi connectivity index (χ0n) is 8.67. The van der Waals surface area contributed by atoms with Crippen LogP contribution in [0.25, 0.3) is 0 Å². The van der Waals surface area contributed by atoms with E-state index in [4.69, 9.17) is 10.5 Å². The van der Waals surface area contributed by atoms with Crippen molar-refractivity contribution in [1.82, 2.24) is 0 Å². The van der Waals surface area contributed by atoms with Crippen LogP contribution in [-0.2, 0) is 4.74 Å². The van der Waals surface area contributed by atoms with Gasteiger partial charge in [-0.15, -0.1) is 0 Å². The monoisotopic (exact) mass is 185 g/mol. The Labute approximate surface area is 79.6 Å². The second kappa shape index (κ2) is 3.56. The first kappa shape index (κ1) is 10.4. The fourth-order valence-electron chi connectivity index (χ4n) is 1.97. The lowest BCUT2D eigenvalue weighted by molar-refractivity contribution is 0.00877. The molecule has 1 fully saturated rings. The Balaban J connectivity index is 2.15. The van der Waals surface area contributed by atoms with Crippen molar-refractivity contribution in [2.24, 2.45) is 17.1 Å². The molecule has 0 unspecified atom stereocenters. The van der Waals surface area contributed by atoms with Crippen LogP contribution in [0.1, 0.15) is 40.0 Å². The summed E-state index contributed by atoms with van der Waals surface area (Å²) in [7, 11) is 0. The molecule has 0 aromatic rings. The summed E-state index contributed by atoms with van der Waals surface area (Å²) in [6, 6.07) is 0. The van der Waals surface area contributed by atoms with Gasteiger partial charge in [-0.3, -0.25) is 0 Å². The van der Waals surface area contributed by atoms with Gasteiger partial charge >= 0.3 is 6.09 Å². The van der Waals surface area contributed by atoms with Crippen LogP contribution in [0.2, 0.25) is 0 Å². The van der Waals surface area contributed by atoms with E-state index in [1.807, 2.05) is 0 Å². The van der Waals surface area contributed by atoms with Crippen LogP contribution in [0, 0.1) is 11.3 Å². The molecule has 1 aliphatic carbocycles. The Kier molecular flexibility index (Phi) is 2.84. The van der Waals surface area contributed by atoms with E-state index in [2.05, 4.69) is 20.8 Å². The third-order valence-corrected chi connectivity index (χ3v) is 2.38. The standard InChI is InChI=1S/C10H19NO2/c1-10(2,3)6-7-4-8(5-7)13-9(11)12/h7-8H,4-6H2,1-3H3,(H2,11,12). The molecule has 0 spiro atoms. The molecule has 1 amide bonds. The SMILES string of the molecule is CC(C)(C)CC1CC(OC(N)=O)C1. The summed E-state index contributed by atoms with van der Waals surface area (Å²) in [5.41, 5.74) is 5.29. The van der Waals surface area contributed by atoms with Gasteiger partial charge in [0.05, 0.1) is 0 Å². The van der Waals surface area contributed by atoms with E-state index in [1.54, 1.807) is 0 Å². The number of rotatable bonds is 2. The van der Waals surface area contributed by atoms with Gasteiger partial charge in [0.25, 0.3) is 0 Å². The van der Waals surface area contributed by atoms with Gasteiger partial charge < -0.3 is 10.5 Å². The van der Waals surface area contributed by atoms with Gasteiger partial charge in [0.15, 0.2) is 0 Å². The summed E-state index contributed by atoms with van der Waals surface area (Å²) in [5.74, 6) is 0.712. The van der Waals surface area contributed by atoms with Crippen molar-refractivity contribution in [2.45, 2.75) is 46.1 Å². The second-order valence-corrected chi connectivity index (χ2v) is 5.16. The first-order chi connectivity index (χ1) is 5.87. The Morgan fingerprint density at radius 2 is 2.00 bits per heavy atom. The van der Waals surface area contributed by atoms with Crippen LogP contribution in [-0.4, -0.2) is 12.2 Å². The summed E-state index contributed by atoms with van der Waals surface area (Å²) < 4.78 is 4.87. The zero-order valence-corrected chi connectivity index (χ0v) is 8.67. The summed E-state index contributed by atoms with van der Waals surface area (Å²) >= 11 is 0. The number of nitrogens with two attached hydrogens (primary N) is 1. The van der Waals surface area contributed by atoms with Gasteiger partial charge in [-0.1, -0.05) is 20.8 Å². The molecule has 1 saturated carbocycles. The number of carbonyl (C=O) groups is 1. The van der Waals surface area contributed by atoms with Gasteiger partial charge in [0.1, 0.15) is 6.10 Å². The molecule has 2 N–H and O–H groups in total. The first-order valence-corrected chi connectivity index (χ1v) is 4.83. The van der Waals surface area contributed by atoms with Crippen LogP contribution in [0.5, 0.6) is 0 Å². The normalized spacial score (nSPS) is 27.9. The van der Waals surface area contributed by atoms with Crippen LogP contribution < -0.4 is 5.73 Å². The molecule has 0 aliphatic heterocycles. The number of hydrogen-bond donors (Lipinski definition) is 1. The average molecular weight is 185 g/mol. The molecular formula is C10H19NO2. The minimum Gasteiger partial charge on any atom is -0.446 e. The quantitative estimate of drug-likeness (QED) is 0.717. The predicted molar refractivity (Wildman–Crippen MR) is 51.3 cm³/mol. The second-order valence-electron chi connectivity index (χ2n) is 5.16. The lowest BCUT2D eigenvalue weighted by atomic mass is 9.73. The Bertz CT molecular complexity index is 190. The number of hydrogen-bond acceptors (Lipinski definition) is 2. The fourth-order valence-corrected chi connectivity index (χ4v) is 1.97. The van der Waals surface area contributed by atoms with Gasteiger partial charge in [-0.05, 0) is 30.6 Å². The van der Waals surface area contributed by atoms with Crippen LogP contribution in [0.4, 0.5) is 4.79 Å². The third kappa shape index (κ3) is 3.66. The highest BCUT2D eigenvalue weighted by molar-refractivity contribution is 5.64. The van der Waals surface area contributed by atoms with Gasteiger partial charge in [-0.2, -0.15) is 0 Å². The molecule has 76 valence electrons. The van der Waals surface area contributed by atoms with Crippen molar-refractivity contribution >= 4 is 6.09 Å². The number of amides is 1. The molecule has 0 atom stereocenters. The van der Waals surface area contributed by atoms with Crippen LogP contribution in [0.3, 0.4) is 0 Å². The molecule has 0 saturated heterocycles. The third-order valence-electron chi connectivity index (χ3n) is 2.38. The molecular weight excluding hydrogens is 166 g/mol. The van der Waals surface area contributed by atoms with E-state index in [1.165, 1.54) is 6.42 Å². The van der Waals surface area contributed by atoms with Crippen LogP contribution in [0.15, 0.2) is 0 Å². The molecule has 0 aromatic heterocycles. The molecule has 3 nitrogen and oxygen atoms in total. The molecule has 1 rings (SSSR count). The van der Waals surface area contributed by atoms with E-state index in [9.17, 15) is 4.79 Å². The lowest BCUT2D eigenvalue weighted by Crippen LogP contribution is -2.36. The molecule has 1 aliphatic rings. The molecule has 0 bridgehead atoms. The summed E-state index contributed by atoms with van der Waals surface area (Å²) in [5, 5.41) is 0. The zero-order chi connectivity index (χ0) is 10.1. The molecule has 13 heavy (non-hydrogen) atoms. The van der Waals surface area contributed by atoms with Crippen molar-refractivity contribution in [3.63, 3.8) is 0 Å². The smallest absolute Gasteiger partial charge is 0.404 e. The molecule has 0 aromatic carbocycles. The number of primary amides is 1. The maximum atomic E-state index is 10.4. The van der Waals surface area contributed by atoms with E-state index >= 15 is 0 Å². The van der Waals surface area contributed by atoms with Crippen molar-refractivity contribution in [2.75, 3.05) is 0 Å². The highest BCUT2D eigenvalue weighted by Crippen LogP contribution is 2.38. The van der Waals surface area contributed by atoms with Crippen molar-refractivity contribution in [3.8, 4) is 0 Å². The van der Waals surface area contributed by atoms with Gasteiger partial charge in [-0.25, -0.2) is 4.79 Å². The topological polar surface area (TPSA) is 52.3 Å². The first-order valence-electron chi connectivity index (χ1n) is 4.83. The molecule has 3 heteroatoms. The predicted octanol–water partition coefficient (Wildman–Crippen LogP) is 2.30. The summed E-state index contributed by atoms with van der Waals surface area (Å²) in [6.45, 7) is 6.69. The summed E-state index contributed by atoms with van der Waals surface area (Å²) in [4.78, 5) is 10.4. The average Bonchev–Trinajstić information content (AvgIpc) is 1.78. The maximum Gasteiger partial charge on any atom is 0.404 e. The minimum absolute atomic E-state index is 0.0878. The van der Waals surface area contributed by atoms with E-state index < -0.39 is 6.09 Å². The largest absolute Gasteiger partial charge is 0.446 e. The highest BCUT2D eigenvalue weighted by Gasteiger charge is 2.34. The maximum absolute atomic E-state index is 10.4. The highest BCUT2D eigenvalue weighted by atomic mass is 16.6. The van der Waals surface area contributed by atoms with Gasteiger partial charge in [0, 0.05) is 0 Å². The summed E-state index contributed by atoms with van der Waals surface area (Å²) in [6.07, 6.45) is 2.62. The Morgan fingerprint density at radius 3 is 2.38 bits per heavy atom. The van der Waals surface area contributed by atoms with E-state index in [0.29, 0.717) is 11.3 Å². The molecule has 0 heterocycles. The minimum atomic E-state index is -0.640. The Hall–Kier alpha value is -0.730. The number of ether oxygens (including phenoxy) is 1. The van der Waals surface area contributed by atoms with E-state index in [-0.39, 0.29) is 6.10 Å². The van der Waals surface area contributed by atoms with Crippen molar-refractivity contribution in [1.29, 1.82) is 0 Å².